The van der Waals surface area contributed by atoms with Gasteiger partial charge in [0, 0.05) is 56.6 Å². The van der Waals surface area contributed by atoms with Crippen LogP contribution < -0.4 is 9.64 Å². The van der Waals surface area contributed by atoms with Crippen molar-refractivity contribution in [2.75, 3.05) is 50.8 Å². The van der Waals surface area contributed by atoms with E-state index in [-0.39, 0.29) is 6.61 Å². The molecule has 3 aromatic rings. The number of piperazine rings is 1. The maximum absolute atomic E-state index is 9.58. The van der Waals surface area contributed by atoms with Crippen LogP contribution in [0.2, 0.25) is 0 Å². The van der Waals surface area contributed by atoms with Gasteiger partial charge in [-0.05, 0) is 47.9 Å². The summed E-state index contributed by atoms with van der Waals surface area (Å²) < 4.78 is 5.78. The van der Waals surface area contributed by atoms with Crippen LogP contribution in [0.15, 0.2) is 54.7 Å². The van der Waals surface area contributed by atoms with Gasteiger partial charge in [0.25, 0.3) is 0 Å². The Morgan fingerprint density at radius 3 is 2.51 bits per heavy atom. The number of rotatable bonds is 9. The molecular formula is C28H33N5O2. The number of aliphatic hydroxyl groups excluding tert-OH is 1. The van der Waals surface area contributed by atoms with E-state index in [1.54, 1.807) is 6.20 Å². The van der Waals surface area contributed by atoms with Crippen molar-refractivity contribution in [3.05, 3.63) is 71.7 Å². The van der Waals surface area contributed by atoms with Gasteiger partial charge in [-0.3, -0.25) is 4.90 Å². The SMILES string of the molecule is CC(C)COc1ccc(-c2ccnc(Cc3ccc(N4CCN(CCO)CC4)cc3)n2)cc1C#N. The summed E-state index contributed by atoms with van der Waals surface area (Å²) in [5.74, 6) is 1.74. The van der Waals surface area contributed by atoms with Crippen LogP contribution in [0.5, 0.6) is 5.75 Å². The summed E-state index contributed by atoms with van der Waals surface area (Å²) >= 11 is 0. The zero-order chi connectivity index (χ0) is 24.6. The number of aliphatic hydroxyl groups is 1. The fraction of sp³-hybridized carbons (Fsp3) is 0.393. The molecule has 2 heterocycles. The molecule has 0 radical (unpaired) electrons. The van der Waals surface area contributed by atoms with Gasteiger partial charge in [-0.25, -0.2) is 9.97 Å². The van der Waals surface area contributed by atoms with Gasteiger partial charge in [-0.15, -0.1) is 0 Å². The zero-order valence-corrected chi connectivity index (χ0v) is 20.5. The normalized spacial score (nSPS) is 14.2. The molecule has 0 aliphatic carbocycles. The highest BCUT2D eigenvalue weighted by atomic mass is 16.5. The minimum Gasteiger partial charge on any atom is -0.492 e. The Hall–Kier alpha value is -3.47. The summed E-state index contributed by atoms with van der Waals surface area (Å²) in [5.41, 5.74) is 4.55. The number of anilines is 1. The summed E-state index contributed by atoms with van der Waals surface area (Å²) in [5, 5.41) is 18.7. The molecule has 1 aliphatic rings. The van der Waals surface area contributed by atoms with E-state index in [4.69, 9.17) is 14.8 Å². The molecule has 1 aromatic heterocycles. The van der Waals surface area contributed by atoms with E-state index < -0.39 is 0 Å². The number of hydrogen-bond donors (Lipinski definition) is 1. The first-order valence-corrected chi connectivity index (χ1v) is 12.2. The van der Waals surface area contributed by atoms with Crippen LogP contribution in [0.25, 0.3) is 11.3 Å². The van der Waals surface area contributed by atoms with Crippen molar-refractivity contribution in [3.63, 3.8) is 0 Å². The van der Waals surface area contributed by atoms with E-state index in [2.05, 4.69) is 59.0 Å². The molecule has 0 saturated carbocycles. The minimum atomic E-state index is 0.218. The molecule has 182 valence electrons. The van der Waals surface area contributed by atoms with Crippen LogP contribution in [-0.2, 0) is 6.42 Å². The average Bonchev–Trinajstić information content (AvgIpc) is 2.88. The predicted molar refractivity (Wildman–Crippen MR) is 138 cm³/mol. The lowest BCUT2D eigenvalue weighted by Crippen LogP contribution is -2.47. The monoisotopic (exact) mass is 471 g/mol. The third-order valence-corrected chi connectivity index (χ3v) is 6.13. The van der Waals surface area contributed by atoms with Crippen LogP contribution in [0.1, 0.15) is 30.8 Å². The van der Waals surface area contributed by atoms with E-state index in [0.29, 0.717) is 30.3 Å². The van der Waals surface area contributed by atoms with Crippen molar-refractivity contribution in [2.24, 2.45) is 5.92 Å². The van der Waals surface area contributed by atoms with Crippen molar-refractivity contribution in [1.82, 2.24) is 14.9 Å². The zero-order valence-electron chi connectivity index (χ0n) is 20.5. The molecule has 4 rings (SSSR count). The number of ether oxygens (including phenoxy) is 1. The highest BCUT2D eigenvalue weighted by Crippen LogP contribution is 2.26. The Labute approximate surface area is 207 Å². The Kier molecular flexibility index (Phi) is 8.30. The summed E-state index contributed by atoms with van der Waals surface area (Å²) in [6.45, 7) is 9.59. The van der Waals surface area contributed by atoms with Gasteiger partial charge in [-0.2, -0.15) is 5.26 Å². The molecule has 1 N–H and O–H groups in total. The second kappa shape index (κ2) is 11.8. The minimum absolute atomic E-state index is 0.218. The molecule has 1 aliphatic heterocycles. The van der Waals surface area contributed by atoms with Crippen molar-refractivity contribution in [1.29, 1.82) is 5.26 Å². The maximum Gasteiger partial charge on any atom is 0.137 e. The second-order valence-electron chi connectivity index (χ2n) is 9.28. The lowest BCUT2D eigenvalue weighted by atomic mass is 10.1. The predicted octanol–water partition coefficient (Wildman–Crippen LogP) is 3.76. The van der Waals surface area contributed by atoms with Crippen LogP contribution >= 0.6 is 0 Å². The number of benzene rings is 2. The van der Waals surface area contributed by atoms with Gasteiger partial charge in [0.1, 0.15) is 17.6 Å². The van der Waals surface area contributed by atoms with Gasteiger partial charge in [0.15, 0.2) is 0 Å². The molecule has 7 heteroatoms. The fourth-order valence-corrected chi connectivity index (χ4v) is 4.18. The molecule has 35 heavy (non-hydrogen) atoms. The van der Waals surface area contributed by atoms with E-state index in [1.807, 2.05) is 24.3 Å². The van der Waals surface area contributed by atoms with Crippen LogP contribution in [-0.4, -0.2) is 65.9 Å². The van der Waals surface area contributed by atoms with Crippen molar-refractivity contribution >= 4 is 5.69 Å². The van der Waals surface area contributed by atoms with Gasteiger partial charge < -0.3 is 14.7 Å². The van der Waals surface area contributed by atoms with Gasteiger partial charge in [0.05, 0.1) is 24.5 Å². The number of hydrogen-bond acceptors (Lipinski definition) is 7. The maximum atomic E-state index is 9.58. The number of β-amino-alcohol motifs (C(OH)–C–C–N with tert-alkyl or cyclic N) is 1. The average molecular weight is 472 g/mol. The number of aromatic nitrogens is 2. The highest BCUT2D eigenvalue weighted by molar-refractivity contribution is 5.64. The molecule has 2 aromatic carbocycles. The van der Waals surface area contributed by atoms with Crippen molar-refractivity contribution < 1.29 is 9.84 Å². The molecule has 1 saturated heterocycles. The number of nitriles is 1. The fourth-order valence-electron chi connectivity index (χ4n) is 4.18. The summed E-state index contributed by atoms with van der Waals surface area (Å²) in [6, 6.07) is 18.3. The van der Waals surface area contributed by atoms with Gasteiger partial charge in [-0.1, -0.05) is 26.0 Å². The Bertz CT molecular complexity index is 1150. The smallest absolute Gasteiger partial charge is 0.137 e. The van der Waals surface area contributed by atoms with Crippen molar-refractivity contribution in [3.8, 4) is 23.1 Å². The second-order valence-corrected chi connectivity index (χ2v) is 9.28. The Morgan fingerprint density at radius 2 is 1.83 bits per heavy atom. The van der Waals surface area contributed by atoms with Crippen molar-refractivity contribution in [2.45, 2.75) is 20.3 Å². The van der Waals surface area contributed by atoms with E-state index >= 15 is 0 Å². The lowest BCUT2D eigenvalue weighted by Gasteiger charge is -2.35. The molecule has 7 nitrogen and oxygen atoms in total. The first-order chi connectivity index (χ1) is 17.1. The quantitative estimate of drug-likeness (QED) is 0.509. The first-order valence-electron chi connectivity index (χ1n) is 12.2. The first kappa shape index (κ1) is 24.6. The molecule has 0 unspecified atom stereocenters. The van der Waals surface area contributed by atoms with Crippen LogP contribution in [0.4, 0.5) is 5.69 Å². The van der Waals surface area contributed by atoms with Gasteiger partial charge in [0.2, 0.25) is 0 Å². The molecule has 0 amide bonds. The highest BCUT2D eigenvalue weighted by Gasteiger charge is 2.16. The third kappa shape index (κ3) is 6.56. The Morgan fingerprint density at radius 1 is 1.06 bits per heavy atom. The van der Waals surface area contributed by atoms with E-state index in [9.17, 15) is 5.26 Å². The van der Waals surface area contributed by atoms with Gasteiger partial charge >= 0.3 is 0 Å². The van der Waals surface area contributed by atoms with Crippen LogP contribution in [0, 0.1) is 17.2 Å². The molecule has 0 spiro atoms. The molecule has 1 fully saturated rings. The lowest BCUT2D eigenvalue weighted by molar-refractivity contribution is 0.189. The summed E-state index contributed by atoms with van der Waals surface area (Å²) in [6.07, 6.45) is 2.41. The molecule has 0 atom stereocenters. The summed E-state index contributed by atoms with van der Waals surface area (Å²) in [7, 11) is 0. The largest absolute Gasteiger partial charge is 0.492 e. The third-order valence-electron chi connectivity index (χ3n) is 6.13. The van der Waals surface area contributed by atoms with E-state index in [0.717, 1.165) is 55.4 Å². The number of nitrogens with zero attached hydrogens (tertiary/aromatic N) is 5. The summed E-state index contributed by atoms with van der Waals surface area (Å²) in [4.78, 5) is 13.9. The van der Waals surface area contributed by atoms with Crippen LogP contribution in [0.3, 0.4) is 0 Å². The molecular weight excluding hydrogens is 438 g/mol. The topological polar surface area (TPSA) is 85.5 Å². The molecule has 0 bridgehead atoms. The van der Waals surface area contributed by atoms with E-state index in [1.165, 1.54) is 5.69 Å². The standard InChI is InChI=1S/C28H33N5O2/c1-21(2)20-35-27-8-5-23(18-24(27)19-29)26-9-10-30-28(31-26)17-22-3-6-25(7-4-22)33-13-11-32(12-14-33)15-16-34/h3-10,18,21,34H,11-17,20H2,1-2H3. The Balaban J connectivity index is 1.42.